The average Bonchev–Trinajstić information content (AvgIpc) is 3.35. The number of thiazole rings is 1. The van der Waals surface area contributed by atoms with Crippen LogP contribution in [0.2, 0.25) is 0 Å². The first kappa shape index (κ1) is 16.8. The van der Waals surface area contributed by atoms with Crippen LogP contribution in [0, 0.1) is 0 Å². The van der Waals surface area contributed by atoms with Gasteiger partial charge in [0.15, 0.2) is 10.8 Å². The maximum atomic E-state index is 12.3. The molecule has 0 unspecified atom stereocenters. The molecule has 0 bridgehead atoms. The number of benzene rings is 1. The lowest BCUT2D eigenvalue weighted by atomic mass is 10.2. The van der Waals surface area contributed by atoms with Gasteiger partial charge < -0.3 is 19.4 Å². The van der Waals surface area contributed by atoms with Crippen molar-refractivity contribution in [1.82, 2.24) is 4.98 Å². The van der Waals surface area contributed by atoms with E-state index in [9.17, 15) is 4.79 Å². The number of nitrogens with one attached hydrogen (secondary N) is 1. The maximum absolute atomic E-state index is 12.3. The van der Waals surface area contributed by atoms with Crippen molar-refractivity contribution < 1.29 is 13.9 Å². The van der Waals surface area contributed by atoms with Crippen molar-refractivity contribution in [2.75, 3.05) is 36.5 Å². The van der Waals surface area contributed by atoms with E-state index in [4.69, 9.17) is 9.15 Å². The second-order valence-corrected chi connectivity index (χ2v) is 6.85. The smallest absolute Gasteiger partial charge is 0.230 e. The van der Waals surface area contributed by atoms with Gasteiger partial charge in [-0.3, -0.25) is 4.79 Å². The molecule has 1 amide bonds. The first-order chi connectivity index (χ1) is 12.8. The summed E-state index contributed by atoms with van der Waals surface area (Å²) in [4.78, 5) is 19.0. The first-order valence-electron chi connectivity index (χ1n) is 8.49. The second kappa shape index (κ2) is 7.72. The molecule has 134 valence electrons. The van der Waals surface area contributed by atoms with E-state index >= 15 is 0 Å². The summed E-state index contributed by atoms with van der Waals surface area (Å²) in [5.74, 6) is 0.640. The summed E-state index contributed by atoms with van der Waals surface area (Å²) in [5.41, 5.74) is 2.67. The molecule has 0 atom stereocenters. The minimum atomic E-state index is -0.0829. The minimum absolute atomic E-state index is 0.0829. The van der Waals surface area contributed by atoms with Crippen LogP contribution in [0.5, 0.6) is 0 Å². The van der Waals surface area contributed by atoms with Gasteiger partial charge in [0.05, 0.1) is 31.6 Å². The zero-order valence-corrected chi connectivity index (χ0v) is 15.0. The number of hydrogen-bond donors (Lipinski definition) is 1. The summed E-state index contributed by atoms with van der Waals surface area (Å²) in [6, 6.07) is 11.6. The fourth-order valence-electron chi connectivity index (χ4n) is 2.85. The predicted octanol–water partition coefficient (Wildman–Crippen LogP) is 3.42. The van der Waals surface area contributed by atoms with Crippen molar-refractivity contribution in [3.8, 4) is 10.8 Å². The molecule has 1 saturated heterocycles. The lowest BCUT2D eigenvalue weighted by Crippen LogP contribution is -2.36. The van der Waals surface area contributed by atoms with Crippen LogP contribution >= 0.6 is 11.3 Å². The third-order valence-electron chi connectivity index (χ3n) is 4.15. The van der Waals surface area contributed by atoms with Crippen molar-refractivity contribution in [3.05, 3.63) is 53.7 Å². The lowest BCUT2D eigenvalue weighted by molar-refractivity contribution is -0.115. The second-order valence-electron chi connectivity index (χ2n) is 5.99. The van der Waals surface area contributed by atoms with Crippen LogP contribution in [0.25, 0.3) is 10.8 Å². The monoisotopic (exact) mass is 369 g/mol. The molecule has 26 heavy (non-hydrogen) atoms. The number of rotatable bonds is 5. The Balaban J connectivity index is 1.34. The largest absolute Gasteiger partial charge is 0.462 e. The van der Waals surface area contributed by atoms with Gasteiger partial charge in [0.2, 0.25) is 5.91 Å². The molecule has 0 radical (unpaired) electrons. The summed E-state index contributed by atoms with van der Waals surface area (Å²) in [6.45, 7) is 3.30. The molecule has 1 aliphatic rings. The van der Waals surface area contributed by atoms with Gasteiger partial charge in [-0.05, 0) is 36.4 Å². The van der Waals surface area contributed by atoms with Crippen molar-refractivity contribution >= 4 is 28.6 Å². The summed E-state index contributed by atoms with van der Waals surface area (Å²) in [5, 5.41) is 5.60. The van der Waals surface area contributed by atoms with Gasteiger partial charge in [-0.15, -0.1) is 11.3 Å². The number of hydrogen-bond acceptors (Lipinski definition) is 6. The van der Waals surface area contributed by atoms with Crippen molar-refractivity contribution in [3.63, 3.8) is 0 Å². The molecule has 0 spiro atoms. The Morgan fingerprint density at radius 3 is 2.73 bits per heavy atom. The quantitative estimate of drug-likeness (QED) is 0.746. The van der Waals surface area contributed by atoms with Crippen LogP contribution in [0.1, 0.15) is 5.69 Å². The van der Waals surface area contributed by atoms with Gasteiger partial charge in [-0.2, -0.15) is 0 Å². The number of furan rings is 1. The molecule has 0 aliphatic carbocycles. The topological polar surface area (TPSA) is 67.6 Å². The van der Waals surface area contributed by atoms with E-state index in [1.807, 2.05) is 41.8 Å². The Labute approximate surface area is 155 Å². The highest BCUT2D eigenvalue weighted by Gasteiger charge is 2.13. The number of anilines is 2. The summed E-state index contributed by atoms with van der Waals surface area (Å²) in [6.07, 6.45) is 1.85. The van der Waals surface area contributed by atoms with Crippen LogP contribution in [0.3, 0.4) is 0 Å². The van der Waals surface area contributed by atoms with Gasteiger partial charge in [0.1, 0.15) is 0 Å². The van der Waals surface area contributed by atoms with E-state index in [-0.39, 0.29) is 12.3 Å². The maximum Gasteiger partial charge on any atom is 0.230 e. The molecule has 2 aromatic heterocycles. The summed E-state index contributed by atoms with van der Waals surface area (Å²) in [7, 11) is 0. The van der Waals surface area contributed by atoms with Crippen LogP contribution in [0.4, 0.5) is 11.4 Å². The first-order valence-corrected chi connectivity index (χ1v) is 9.37. The van der Waals surface area contributed by atoms with Crippen molar-refractivity contribution in [1.29, 1.82) is 0 Å². The highest BCUT2D eigenvalue weighted by Crippen LogP contribution is 2.24. The molecule has 1 aromatic carbocycles. The molecule has 3 aromatic rings. The fraction of sp³-hybridized carbons (Fsp3) is 0.263. The van der Waals surface area contributed by atoms with Gasteiger partial charge in [-0.1, -0.05) is 0 Å². The zero-order chi connectivity index (χ0) is 17.8. The summed E-state index contributed by atoms with van der Waals surface area (Å²) < 4.78 is 10.7. The Kier molecular flexibility index (Phi) is 4.99. The molecule has 1 N–H and O–H groups in total. The highest BCUT2D eigenvalue weighted by atomic mass is 32.1. The van der Waals surface area contributed by atoms with E-state index in [2.05, 4.69) is 15.2 Å². The van der Waals surface area contributed by atoms with Gasteiger partial charge in [0, 0.05) is 29.8 Å². The molecule has 1 aliphatic heterocycles. The Morgan fingerprint density at radius 2 is 2.00 bits per heavy atom. The Bertz CT molecular complexity index is 853. The average molecular weight is 369 g/mol. The molecule has 4 rings (SSSR count). The third kappa shape index (κ3) is 3.95. The van der Waals surface area contributed by atoms with Crippen LogP contribution in [-0.4, -0.2) is 37.2 Å². The Hall–Kier alpha value is -2.64. The number of carbonyl (C=O) groups is 1. The van der Waals surface area contributed by atoms with E-state index < -0.39 is 0 Å². The minimum Gasteiger partial charge on any atom is -0.462 e. The molecule has 7 heteroatoms. The number of amides is 1. The lowest BCUT2D eigenvalue weighted by Gasteiger charge is -2.28. The summed E-state index contributed by atoms with van der Waals surface area (Å²) >= 11 is 1.47. The molecular formula is C19H19N3O3S. The Morgan fingerprint density at radius 1 is 1.19 bits per heavy atom. The van der Waals surface area contributed by atoms with E-state index in [1.165, 1.54) is 11.3 Å². The standard InChI is InChI=1S/C19H19N3O3S/c23-18(12-15-13-26-19(21-15)17-2-1-9-25-17)20-14-3-5-16(6-4-14)22-7-10-24-11-8-22/h1-6,9,13H,7-8,10-12H2,(H,20,23). The number of ether oxygens (including phenoxy) is 1. The molecular weight excluding hydrogens is 350 g/mol. The number of aromatic nitrogens is 1. The van der Waals surface area contributed by atoms with Gasteiger partial charge >= 0.3 is 0 Å². The van der Waals surface area contributed by atoms with Crippen LogP contribution in [-0.2, 0) is 16.0 Å². The predicted molar refractivity (Wildman–Crippen MR) is 102 cm³/mol. The molecule has 6 nitrogen and oxygen atoms in total. The molecule has 1 fully saturated rings. The highest BCUT2D eigenvalue weighted by molar-refractivity contribution is 7.13. The van der Waals surface area contributed by atoms with E-state index in [0.29, 0.717) is 0 Å². The number of carbonyl (C=O) groups excluding carboxylic acids is 1. The fourth-order valence-corrected chi connectivity index (χ4v) is 3.63. The number of morpholine rings is 1. The van der Waals surface area contributed by atoms with Crippen molar-refractivity contribution in [2.24, 2.45) is 0 Å². The number of nitrogens with zero attached hydrogens (tertiary/aromatic N) is 2. The van der Waals surface area contributed by atoms with Crippen LogP contribution < -0.4 is 10.2 Å². The van der Waals surface area contributed by atoms with Crippen LogP contribution in [0.15, 0.2) is 52.5 Å². The van der Waals surface area contributed by atoms with E-state index in [0.717, 1.165) is 54.1 Å². The molecule has 3 heterocycles. The van der Waals surface area contributed by atoms with Crippen molar-refractivity contribution in [2.45, 2.75) is 6.42 Å². The third-order valence-corrected chi connectivity index (χ3v) is 5.06. The van der Waals surface area contributed by atoms with E-state index in [1.54, 1.807) is 6.26 Å². The molecule has 0 saturated carbocycles. The SMILES string of the molecule is O=C(Cc1csc(-c2ccco2)n1)Nc1ccc(N2CCOCC2)cc1. The normalized spacial score (nSPS) is 14.4. The zero-order valence-electron chi connectivity index (χ0n) is 14.2. The van der Waals surface area contributed by atoms with Gasteiger partial charge in [-0.25, -0.2) is 4.98 Å². The van der Waals surface area contributed by atoms with Gasteiger partial charge in [0.25, 0.3) is 0 Å².